The molecule has 0 unspecified atom stereocenters. The van der Waals surface area contributed by atoms with Gasteiger partial charge < -0.3 is 4.90 Å². The third kappa shape index (κ3) is 2.75. The number of carbonyl (C=O) groups excluding carboxylic acids is 1. The van der Waals surface area contributed by atoms with Crippen molar-refractivity contribution in [3.8, 4) is 10.6 Å². The van der Waals surface area contributed by atoms with Crippen molar-refractivity contribution >= 4 is 17.2 Å². The molecule has 3 rings (SSSR count). The summed E-state index contributed by atoms with van der Waals surface area (Å²) in [6.45, 7) is 4.01. The Morgan fingerprint density at radius 3 is 2.85 bits per heavy atom. The molecule has 0 spiro atoms. The van der Waals surface area contributed by atoms with Gasteiger partial charge in [-0.25, -0.2) is 4.98 Å². The number of aromatic nitrogens is 1. The van der Waals surface area contributed by atoms with E-state index in [0.717, 1.165) is 48.0 Å². The summed E-state index contributed by atoms with van der Waals surface area (Å²) in [6, 6.07) is 7.81. The molecule has 0 N–H and O–H groups in total. The minimum Gasteiger partial charge on any atom is -0.339 e. The van der Waals surface area contributed by atoms with Gasteiger partial charge in [0.2, 0.25) is 0 Å². The van der Waals surface area contributed by atoms with Crippen molar-refractivity contribution in [3.05, 3.63) is 41.4 Å². The number of carbonyl (C=O) groups is 1. The predicted molar refractivity (Wildman–Crippen MR) is 81.9 cm³/mol. The second-order valence-corrected chi connectivity index (χ2v) is 6.29. The molecule has 1 aromatic heterocycles. The van der Waals surface area contributed by atoms with Gasteiger partial charge in [-0.15, -0.1) is 11.3 Å². The number of nitrogens with zero attached hydrogens (tertiary/aromatic N) is 2. The van der Waals surface area contributed by atoms with E-state index in [2.05, 4.69) is 11.9 Å². The van der Waals surface area contributed by atoms with E-state index in [1.807, 2.05) is 34.5 Å². The number of rotatable bonds is 2. The Balaban J connectivity index is 1.80. The quantitative estimate of drug-likeness (QED) is 0.843. The molecule has 0 bridgehead atoms. The maximum Gasteiger partial charge on any atom is 0.253 e. The van der Waals surface area contributed by atoms with Crippen LogP contribution in [0, 0.1) is 5.92 Å². The number of benzene rings is 1. The lowest BCUT2D eigenvalue weighted by atomic mass is 9.98. The maximum absolute atomic E-state index is 12.5. The lowest BCUT2D eigenvalue weighted by Gasteiger charge is -2.30. The zero-order valence-electron chi connectivity index (χ0n) is 11.6. The molecule has 1 amide bonds. The van der Waals surface area contributed by atoms with Gasteiger partial charge in [-0.1, -0.05) is 19.1 Å². The fourth-order valence-corrected chi connectivity index (χ4v) is 3.18. The predicted octanol–water partition coefficient (Wildman–Crippen LogP) is 3.68. The standard InChI is InChI=1S/C16H18N2OS/c1-12-5-8-18(9-6-12)16(19)14-4-2-3-13(11-14)15-17-7-10-20-15/h2-4,7,10-12H,5-6,8-9H2,1H3. The lowest BCUT2D eigenvalue weighted by molar-refractivity contribution is 0.0697. The number of hydrogen-bond acceptors (Lipinski definition) is 3. The van der Waals surface area contributed by atoms with Crippen molar-refractivity contribution < 1.29 is 4.79 Å². The van der Waals surface area contributed by atoms with Gasteiger partial charge in [0.15, 0.2) is 0 Å². The summed E-state index contributed by atoms with van der Waals surface area (Å²) in [5.41, 5.74) is 1.79. The number of amides is 1. The van der Waals surface area contributed by atoms with Crippen LogP contribution in [0.5, 0.6) is 0 Å². The van der Waals surface area contributed by atoms with Crippen LogP contribution in [0.25, 0.3) is 10.6 Å². The topological polar surface area (TPSA) is 33.2 Å². The van der Waals surface area contributed by atoms with Crippen LogP contribution < -0.4 is 0 Å². The average molecular weight is 286 g/mol. The highest BCUT2D eigenvalue weighted by Crippen LogP contribution is 2.24. The Kier molecular flexibility index (Phi) is 3.83. The molecular formula is C16H18N2OS. The molecule has 1 aliphatic rings. The molecule has 1 fully saturated rings. The normalized spacial score (nSPS) is 16.4. The van der Waals surface area contributed by atoms with Crippen LogP contribution in [0.15, 0.2) is 35.8 Å². The summed E-state index contributed by atoms with van der Waals surface area (Å²) >= 11 is 1.60. The van der Waals surface area contributed by atoms with E-state index in [9.17, 15) is 4.79 Å². The number of thiazole rings is 1. The van der Waals surface area contributed by atoms with Crippen LogP contribution in [0.4, 0.5) is 0 Å². The van der Waals surface area contributed by atoms with Gasteiger partial charge in [0.05, 0.1) is 0 Å². The molecule has 4 heteroatoms. The second-order valence-electron chi connectivity index (χ2n) is 5.39. The van der Waals surface area contributed by atoms with E-state index in [4.69, 9.17) is 0 Å². The van der Waals surface area contributed by atoms with Gasteiger partial charge in [0.25, 0.3) is 5.91 Å². The third-order valence-electron chi connectivity index (χ3n) is 3.86. The molecule has 0 saturated carbocycles. The minimum absolute atomic E-state index is 0.148. The second kappa shape index (κ2) is 5.75. The molecule has 2 aromatic rings. The van der Waals surface area contributed by atoms with Crippen molar-refractivity contribution in [2.45, 2.75) is 19.8 Å². The minimum atomic E-state index is 0.148. The van der Waals surface area contributed by atoms with E-state index in [0.29, 0.717) is 0 Å². The van der Waals surface area contributed by atoms with Gasteiger partial charge in [-0.2, -0.15) is 0 Å². The van der Waals surface area contributed by atoms with Crippen LogP contribution in [-0.2, 0) is 0 Å². The van der Waals surface area contributed by atoms with Crippen LogP contribution in [0.1, 0.15) is 30.1 Å². The largest absolute Gasteiger partial charge is 0.339 e. The Morgan fingerprint density at radius 2 is 2.15 bits per heavy atom. The SMILES string of the molecule is CC1CCN(C(=O)c2cccc(-c3nccs3)c2)CC1. The first kappa shape index (κ1) is 13.3. The number of piperidine rings is 1. The molecule has 2 heterocycles. The molecule has 0 aliphatic carbocycles. The van der Waals surface area contributed by atoms with Gasteiger partial charge >= 0.3 is 0 Å². The molecule has 20 heavy (non-hydrogen) atoms. The highest BCUT2D eigenvalue weighted by Gasteiger charge is 2.21. The zero-order valence-corrected chi connectivity index (χ0v) is 12.4. The van der Waals surface area contributed by atoms with Gasteiger partial charge in [0.1, 0.15) is 5.01 Å². The third-order valence-corrected chi connectivity index (χ3v) is 4.68. The summed E-state index contributed by atoms with van der Waals surface area (Å²) in [5.74, 6) is 0.885. The molecule has 3 nitrogen and oxygen atoms in total. The summed E-state index contributed by atoms with van der Waals surface area (Å²) in [5, 5.41) is 2.92. The van der Waals surface area contributed by atoms with Crippen molar-refractivity contribution in [3.63, 3.8) is 0 Å². The van der Waals surface area contributed by atoms with Crippen LogP contribution in [-0.4, -0.2) is 28.9 Å². The van der Waals surface area contributed by atoms with Crippen LogP contribution >= 0.6 is 11.3 Å². The van der Waals surface area contributed by atoms with Gasteiger partial charge in [-0.3, -0.25) is 4.79 Å². The summed E-state index contributed by atoms with van der Waals surface area (Å²) in [4.78, 5) is 18.8. The van der Waals surface area contributed by atoms with E-state index < -0.39 is 0 Å². The first-order chi connectivity index (χ1) is 9.74. The molecule has 104 valence electrons. The highest BCUT2D eigenvalue weighted by molar-refractivity contribution is 7.13. The molecule has 1 aromatic carbocycles. The lowest BCUT2D eigenvalue weighted by Crippen LogP contribution is -2.37. The first-order valence-corrected chi connectivity index (χ1v) is 7.91. The van der Waals surface area contributed by atoms with Crippen molar-refractivity contribution in [1.29, 1.82) is 0 Å². The van der Waals surface area contributed by atoms with E-state index in [-0.39, 0.29) is 5.91 Å². The molecule has 0 atom stereocenters. The van der Waals surface area contributed by atoms with Crippen LogP contribution in [0.3, 0.4) is 0 Å². The maximum atomic E-state index is 12.5. The van der Waals surface area contributed by atoms with E-state index in [1.165, 1.54) is 0 Å². The monoisotopic (exact) mass is 286 g/mol. The summed E-state index contributed by atoms with van der Waals surface area (Å²) in [6.07, 6.45) is 4.01. The first-order valence-electron chi connectivity index (χ1n) is 7.03. The van der Waals surface area contributed by atoms with Crippen LogP contribution in [0.2, 0.25) is 0 Å². The molecule has 1 saturated heterocycles. The van der Waals surface area contributed by atoms with E-state index >= 15 is 0 Å². The average Bonchev–Trinajstić information content (AvgIpc) is 3.02. The smallest absolute Gasteiger partial charge is 0.253 e. The summed E-state index contributed by atoms with van der Waals surface area (Å²) in [7, 11) is 0. The Bertz CT molecular complexity index is 586. The van der Waals surface area contributed by atoms with E-state index in [1.54, 1.807) is 17.5 Å². The number of hydrogen-bond donors (Lipinski definition) is 0. The fraction of sp³-hybridized carbons (Fsp3) is 0.375. The summed E-state index contributed by atoms with van der Waals surface area (Å²) < 4.78 is 0. The van der Waals surface area contributed by atoms with Gasteiger partial charge in [0, 0.05) is 35.8 Å². The Morgan fingerprint density at radius 1 is 1.35 bits per heavy atom. The highest BCUT2D eigenvalue weighted by atomic mass is 32.1. The van der Waals surface area contributed by atoms with Crippen molar-refractivity contribution in [2.24, 2.45) is 5.92 Å². The Hall–Kier alpha value is -1.68. The van der Waals surface area contributed by atoms with Crippen molar-refractivity contribution in [1.82, 2.24) is 9.88 Å². The molecule has 0 radical (unpaired) electrons. The molecular weight excluding hydrogens is 268 g/mol. The van der Waals surface area contributed by atoms with Crippen molar-refractivity contribution in [2.75, 3.05) is 13.1 Å². The Labute approximate surface area is 123 Å². The zero-order chi connectivity index (χ0) is 13.9. The number of likely N-dealkylation sites (tertiary alicyclic amines) is 1. The molecule has 1 aliphatic heterocycles. The fourth-order valence-electron chi connectivity index (χ4n) is 2.55. The van der Waals surface area contributed by atoms with Gasteiger partial charge in [-0.05, 0) is 30.9 Å².